The lowest BCUT2D eigenvalue weighted by atomic mass is 9.86. The second kappa shape index (κ2) is 4.74. The summed E-state index contributed by atoms with van der Waals surface area (Å²) in [5.74, 6) is -0.253. The van der Waals surface area contributed by atoms with Crippen LogP contribution in [0, 0.1) is 0 Å². The Morgan fingerprint density at radius 1 is 1.35 bits per heavy atom. The maximum Gasteiger partial charge on any atom is 0.253 e. The molecule has 1 heterocycles. The quantitative estimate of drug-likeness (QED) is 0.841. The van der Waals surface area contributed by atoms with Gasteiger partial charge in [-0.15, -0.1) is 0 Å². The van der Waals surface area contributed by atoms with Crippen molar-refractivity contribution in [1.82, 2.24) is 10.3 Å². The molecule has 0 saturated heterocycles. The van der Waals surface area contributed by atoms with Crippen LogP contribution in [0.3, 0.4) is 0 Å². The van der Waals surface area contributed by atoms with Crippen molar-refractivity contribution >= 4 is 21.8 Å². The van der Waals surface area contributed by atoms with Gasteiger partial charge in [0.1, 0.15) is 4.60 Å². The van der Waals surface area contributed by atoms with Crippen LogP contribution in [-0.4, -0.2) is 27.1 Å². The molecule has 0 atom stereocenters. The van der Waals surface area contributed by atoms with E-state index in [-0.39, 0.29) is 5.91 Å². The molecule has 0 aromatic carbocycles. The number of amides is 1. The Balaban J connectivity index is 2.83. The molecule has 0 spiro atoms. The van der Waals surface area contributed by atoms with Gasteiger partial charge in [-0.3, -0.25) is 4.79 Å². The Labute approximate surface area is 110 Å². The van der Waals surface area contributed by atoms with Crippen molar-refractivity contribution in [3.8, 4) is 0 Å². The lowest BCUT2D eigenvalue weighted by Gasteiger charge is -2.37. The van der Waals surface area contributed by atoms with Gasteiger partial charge in [-0.2, -0.15) is 0 Å². The minimum atomic E-state index is -1.01. The minimum absolute atomic E-state index is 0.253. The van der Waals surface area contributed by atoms with Gasteiger partial charge in [0.25, 0.3) is 5.91 Å². The van der Waals surface area contributed by atoms with Gasteiger partial charge in [0.15, 0.2) is 0 Å². The average Bonchev–Trinajstić information content (AvgIpc) is 2.16. The lowest BCUT2D eigenvalue weighted by Crippen LogP contribution is -2.57. The second-order valence-corrected chi connectivity index (χ2v) is 5.82. The van der Waals surface area contributed by atoms with E-state index in [0.29, 0.717) is 10.2 Å². The molecule has 0 aliphatic heterocycles. The Kier molecular flexibility index (Phi) is 3.94. The van der Waals surface area contributed by atoms with E-state index < -0.39 is 11.1 Å². The molecule has 1 rings (SSSR count). The number of carbonyl (C=O) groups excluding carboxylic acids is 1. The molecule has 0 bridgehead atoms. The number of nitrogens with one attached hydrogen (secondary N) is 1. The van der Waals surface area contributed by atoms with E-state index in [2.05, 4.69) is 26.2 Å². The van der Waals surface area contributed by atoms with Gasteiger partial charge >= 0.3 is 0 Å². The first-order valence-corrected chi connectivity index (χ1v) is 6.09. The third-order valence-electron chi connectivity index (χ3n) is 2.95. The van der Waals surface area contributed by atoms with E-state index in [9.17, 15) is 9.90 Å². The van der Waals surface area contributed by atoms with E-state index >= 15 is 0 Å². The van der Waals surface area contributed by atoms with Crippen LogP contribution in [-0.2, 0) is 0 Å². The molecule has 0 radical (unpaired) electrons. The summed E-state index contributed by atoms with van der Waals surface area (Å²) in [6.45, 7) is 6.87. The maximum atomic E-state index is 11.9. The highest BCUT2D eigenvalue weighted by Gasteiger charge is 2.36. The maximum absolute atomic E-state index is 11.9. The molecular formula is C12H17BrN2O2. The zero-order chi connectivity index (χ0) is 13.3. The monoisotopic (exact) mass is 300 g/mol. The van der Waals surface area contributed by atoms with Crippen molar-refractivity contribution in [1.29, 1.82) is 0 Å². The molecule has 2 N–H and O–H groups in total. The van der Waals surface area contributed by atoms with E-state index in [1.165, 1.54) is 6.20 Å². The molecule has 0 unspecified atom stereocenters. The summed E-state index contributed by atoms with van der Waals surface area (Å²) >= 11 is 3.20. The van der Waals surface area contributed by atoms with Crippen molar-refractivity contribution < 1.29 is 9.90 Å². The number of nitrogens with zero attached hydrogens (tertiary/aromatic N) is 1. The van der Waals surface area contributed by atoms with Crippen molar-refractivity contribution in [3.63, 3.8) is 0 Å². The average molecular weight is 301 g/mol. The Morgan fingerprint density at radius 3 is 2.35 bits per heavy atom. The fourth-order valence-corrected chi connectivity index (χ4v) is 1.25. The summed E-state index contributed by atoms with van der Waals surface area (Å²) < 4.78 is 0.677. The smallest absolute Gasteiger partial charge is 0.253 e. The standard InChI is InChI=1S/C12H17BrN2O2/c1-11(2,12(3,4)17)15-10(16)8-5-6-9(13)14-7-8/h5-7,17H,1-4H3,(H,15,16). The number of hydrogen-bond donors (Lipinski definition) is 2. The first-order chi connectivity index (χ1) is 7.63. The molecule has 1 amide bonds. The molecule has 0 fully saturated rings. The SMILES string of the molecule is CC(C)(O)C(C)(C)NC(=O)c1ccc(Br)nc1. The fraction of sp³-hybridized carbons (Fsp3) is 0.500. The second-order valence-electron chi connectivity index (χ2n) is 5.01. The van der Waals surface area contributed by atoms with Gasteiger partial charge in [-0.1, -0.05) is 0 Å². The normalized spacial score (nSPS) is 12.4. The number of aromatic nitrogens is 1. The van der Waals surface area contributed by atoms with Crippen molar-refractivity contribution in [2.45, 2.75) is 38.8 Å². The molecule has 94 valence electrons. The van der Waals surface area contributed by atoms with Crippen LogP contribution in [0.2, 0.25) is 0 Å². The van der Waals surface area contributed by atoms with Crippen LogP contribution < -0.4 is 5.32 Å². The predicted molar refractivity (Wildman–Crippen MR) is 69.8 cm³/mol. The Morgan fingerprint density at radius 2 is 1.94 bits per heavy atom. The molecule has 0 aliphatic carbocycles. The summed E-state index contributed by atoms with van der Waals surface area (Å²) in [5.41, 5.74) is -1.27. The molecule has 4 nitrogen and oxygen atoms in total. The first kappa shape index (κ1) is 14.1. The molecule has 1 aromatic rings. The summed E-state index contributed by atoms with van der Waals surface area (Å²) in [6, 6.07) is 3.37. The zero-order valence-electron chi connectivity index (χ0n) is 10.4. The largest absolute Gasteiger partial charge is 0.388 e. The molecule has 0 aliphatic rings. The van der Waals surface area contributed by atoms with Gasteiger partial charge in [0, 0.05) is 6.20 Å². The number of aliphatic hydroxyl groups is 1. The van der Waals surface area contributed by atoms with Gasteiger partial charge in [0.05, 0.1) is 16.7 Å². The minimum Gasteiger partial charge on any atom is -0.388 e. The highest BCUT2D eigenvalue weighted by molar-refractivity contribution is 9.10. The molecule has 5 heteroatoms. The van der Waals surface area contributed by atoms with E-state index in [1.807, 2.05) is 0 Å². The summed E-state index contributed by atoms with van der Waals surface area (Å²) in [4.78, 5) is 15.9. The predicted octanol–water partition coefficient (Wildman–Crippen LogP) is 2.12. The van der Waals surface area contributed by atoms with Gasteiger partial charge in [-0.25, -0.2) is 4.98 Å². The number of carbonyl (C=O) groups is 1. The third-order valence-corrected chi connectivity index (χ3v) is 3.41. The first-order valence-electron chi connectivity index (χ1n) is 5.30. The molecule has 17 heavy (non-hydrogen) atoms. The van der Waals surface area contributed by atoms with Crippen molar-refractivity contribution in [2.24, 2.45) is 0 Å². The highest BCUT2D eigenvalue weighted by atomic mass is 79.9. The van der Waals surface area contributed by atoms with E-state index in [0.717, 1.165) is 0 Å². The van der Waals surface area contributed by atoms with Crippen LogP contribution in [0.1, 0.15) is 38.1 Å². The summed E-state index contributed by atoms with van der Waals surface area (Å²) in [6.07, 6.45) is 1.49. The van der Waals surface area contributed by atoms with Gasteiger partial charge < -0.3 is 10.4 Å². The number of pyridine rings is 1. The number of hydrogen-bond acceptors (Lipinski definition) is 3. The van der Waals surface area contributed by atoms with Crippen LogP contribution >= 0.6 is 15.9 Å². The third kappa shape index (κ3) is 3.51. The van der Waals surface area contributed by atoms with E-state index in [4.69, 9.17) is 0 Å². The topological polar surface area (TPSA) is 62.2 Å². The van der Waals surface area contributed by atoms with Gasteiger partial charge in [0.2, 0.25) is 0 Å². The van der Waals surface area contributed by atoms with Crippen LogP contribution in [0.15, 0.2) is 22.9 Å². The summed E-state index contributed by atoms with van der Waals surface area (Å²) in [7, 11) is 0. The molecule has 1 aromatic heterocycles. The zero-order valence-corrected chi connectivity index (χ0v) is 12.0. The van der Waals surface area contributed by atoms with Crippen molar-refractivity contribution in [2.75, 3.05) is 0 Å². The lowest BCUT2D eigenvalue weighted by molar-refractivity contribution is -0.00293. The van der Waals surface area contributed by atoms with E-state index in [1.54, 1.807) is 39.8 Å². The van der Waals surface area contributed by atoms with Crippen LogP contribution in [0.4, 0.5) is 0 Å². The number of halogens is 1. The van der Waals surface area contributed by atoms with Crippen LogP contribution in [0.5, 0.6) is 0 Å². The summed E-state index contributed by atoms with van der Waals surface area (Å²) in [5, 5.41) is 12.7. The fourth-order valence-electron chi connectivity index (χ4n) is 1.02. The molecular weight excluding hydrogens is 284 g/mol. The Hall–Kier alpha value is -0.940. The number of rotatable bonds is 3. The highest BCUT2D eigenvalue weighted by Crippen LogP contribution is 2.21. The van der Waals surface area contributed by atoms with Crippen LogP contribution in [0.25, 0.3) is 0 Å². The molecule has 0 saturated carbocycles. The van der Waals surface area contributed by atoms with Crippen molar-refractivity contribution in [3.05, 3.63) is 28.5 Å². The Bertz CT molecular complexity index is 408. The van der Waals surface area contributed by atoms with Gasteiger partial charge in [-0.05, 0) is 55.8 Å².